The lowest BCUT2D eigenvalue weighted by atomic mass is 10.1. The van der Waals surface area contributed by atoms with Gasteiger partial charge in [-0.15, -0.1) is 0 Å². The Kier molecular flexibility index (Phi) is 7.09. The van der Waals surface area contributed by atoms with E-state index in [-0.39, 0.29) is 15.9 Å². The van der Waals surface area contributed by atoms with Gasteiger partial charge in [-0.1, -0.05) is 28.1 Å². The van der Waals surface area contributed by atoms with Crippen LogP contribution in [-0.4, -0.2) is 19.4 Å². The molecule has 0 aliphatic carbocycles. The van der Waals surface area contributed by atoms with Gasteiger partial charge in [0.1, 0.15) is 0 Å². The molecule has 0 aliphatic heterocycles. The van der Waals surface area contributed by atoms with Crippen molar-refractivity contribution in [2.24, 2.45) is 0 Å². The number of aryl methyl sites for hydroxylation is 2. The minimum atomic E-state index is -3.74. The maximum atomic E-state index is 12.7. The van der Waals surface area contributed by atoms with Crippen molar-refractivity contribution in [3.8, 4) is 0 Å². The maximum Gasteiger partial charge on any atom is 0.261 e. The molecule has 0 spiro atoms. The van der Waals surface area contributed by atoms with E-state index in [4.69, 9.17) is 12.2 Å². The van der Waals surface area contributed by atoms with Crippen LogP contribution in [0.15, 0.2) is 76.1 Å². The molecule has 3 aromatic carbocycles. The van der Waals surface area contributed by atoms with Gasteiger partial charge in [0.2, 0.25) is 0 Å². The third kappa shape index (κ3) is 6.36. The van der Waals surface area contributed by atoms with Crippen LogP contribution in [0.3, 0.4) is 0 Å². The Hall–Kier alpha value is -2.75. The van der Waals surface area contributed by atoms with E-state index in [9.17, 15) is 13.2 Å². The Morgan fingerprint density at radius 1 is 0.903 bits per heavy atom. The lowest BCUT2D eigenvalue weighted by molar-refractivity contribution is 0.0977. The van der Waals surface area contributed by atoms with Crippen LogP contribution in [0.1, 0.15) is 21.5 Å². The third-order valence-electron chi connectivity index (χ3n) is 4.21. The second-order valence-corrected chi connectivity index (χ2v) is 9.93. The Bertz CT molecular complexity index is 1220. The first-order valence-corrected chi connectivity index (χ1v) is 11.9. The van der Waals surface area contributed by atoms with Crippen LogP contribution < -0.4 is 15.4 Å². The second kappa shape index (κ2) is 9.59. The van der Waals surface area contributed by atoms with Crippen molar-refractivity contribution in [3.63, 3.8) is 0 Å². The highest BCUT2D eigenvalue weighted by Crippen LogP contribution is 2.20. The molecule has 0 bridgehead atoms. The predicted molar refractivity (Wildman–Crippen MR) is 131 cm³/mol. The molecule has 6 nitrogen and oxygen atoms in total. The molecule has 9 heteroatoms. The largest absolute Gasteiger partial charge is 0.332 e. The fourth-order valence-electron chi connectivity index (χ4n) is 2.93. The minimum Gasteiger partial charge on any atom is -0.332 e. The van der Waals surface area contributed by atoms with Crippen LogP contribution in [0.25, 0.3) is 0 Å². The van der Waals surface area contributed by atoms with Gasteiger partial charge in [0.15, 0.2) is 5.11 Å². The summed E-state index contributed by atoms with van der Waals surface area (Å²) in [7, 11) is -3.74. The topological polar surface area (TPSA) is 87.3 Å². The van der Waals surface area contributed by atoms with E-state index in [0.717, 1.165) is 15.6 Å². The highest BCUT2D eigenvalue weighted by Gasteiger charge is 2.15. The summed E-state index contributed by atoms with van der Waals surface area (Å²) in [5, 5.41) is 5.57. The third-order valence-corrected chi connectivity index (χ3v) is 6.30. The van der Waals surface area contributed by atoms with E-state index in [1.54, 1.807) is 42.5 Å². The summed E-state index contributed by atoms with van der Waals surface area (Å²) >= 11 is 8.50. The smallest absolute Gasteiger partial charge is 0.261 e. The standard InChI is InChI=1S/C22H20BrN3O3S2/c1-14-10-15(2)12-19(11-14)26-31(28,29)20-8-6-18(7-9-20)24-22(30)25-21(27)16-4-3-5-17(23)13-16/h3-13,26H,1-2H3,(H2,24,25,27,30). The van der Waals surface area contributed by atoms with Crippen molar-refractivity contribution in [2.75, 3.05) is 10.0 Å². The Morgan fingerprint density at radius 2 is 1.55 bits per heavy atom. The van der Waals surface area contributed by atoms with Crippen LogP contribution in [0.4, 0.5) is 11.4 Å². The van der Waals surface area contributed by atoms with Crippen molar-refractivity contribution in [1.29, 1.82) is 0 Å². The molecule has 0 saturated carbocycles. The van der Waals surface area contributed by atoms with Crippen molar-refractivity contribution in [3.05, 3.63) is 87.9 Å². The molecule has 160 valence electrons. The number of anilines is 2. The summed E-state index contributed by atoms with van der Waals surface area (Å²) in [5.74, 6) is -0.351. The summed E-state index contributed by atoms with van der Waals surface area (Å²) in [6.45, 7) is 3.81. The summed E-state index contributed by atoms with van der Waals surface area (Å²) in [6.07, 6.45) is 0. The van der Waals surface area contributed by atoms with E-state index >= 15 is 0 Å². The van der Waals surface area contributed by atoms with Gasteiger partial charge >= 0.3 is 0 Å². The maximum absolute atomic E-state index is 12.7. The van der Waals surface area contributed by atoms with Gasteiger partial charge in [-0.3, -0.25) is 14.8 Å². The summed E-state index contributed by atoms with van der Waals surface area (Å²) < 4.78 is 28.7. The monoisotopic (exact) mass is 517 g/mol. The summed E-state index contributed by atoms with van der Waals surface area (Å²) in [4.78, 5) is 12.4. The molecule has 3 N–H and O–H groups in total. The Balaban J connectivity index is 1.65. The van der Waals surface area contributed by atoms with Gasteiger partial charge in [0, 0.05) is 21.4 Å². The van der Waals surface area contributed by atoms with Gasteiger partial charge in [0.25, 0.3) is 15.9 Å². The van der Waals surface area contributed by atoms with Gasteiger partial charge in [-0.2, -0.15) is 0 Å². The number of sulfonamides is 1. The highest BCUT2D eigenvalue weighted by atomic mass is 79.9. The first kappa shape index (κ1) is 22.9. The molecular weight excluding hydrogens is 498 g/mol. The molecule has 0 aromatic heterocycles. The van der Waals surface area contributed by atoms with E-state index in [1.807, 2.05) is 26.0 Å². The van der Waals surface area contributed by atoms with Crippen LogP contribution >= 0.6 is 28.1 Å². The lowest BCUT2D eigenvalue weighted by Gasteiger charge is -2.12. The number of nitrogens with one attached hydrogen (secondary N) is 3. The lowest BCUT2D eigenvalue weighted by Crippen LogP contribution is -2.34. The van der Waals surface area contributed by atoms with Crippen molar-refractivity contribution in [1.82, 2.24) is 5.32 Å². The summed E-state index contributed by atoms with van der Waals surface area (Å²) in [5.41, 5.74) is 3.45. The normalized spacial score (nSPS) is 10.9. The predicted octanol–water partition coefficient (Wildman–Crippen LogP) is 4.99. The van der Waals surface area contributed by atoms with Gasteiger partial charge in [0.05, 0.1) is 4.90 Å². The molecule has 0 heterocycles. The van der Waals surface area contributed by atoms with E-state index in [2.05, 4.69) is 31.3 Å². The van der Waals surface area contributed by atoms with Crippen molar-refractivity contribution in [2.45, 2.75) is 18.7 Å². The number of thiocarbonyl (C=S) groups is 1. The molecule has 0 fully saturated rings. The van der Waals surface area contributed by atoms with Crippen molar-refractivity contribution < 1.29 is 13.2 Å². The number of rotatable bonds is 5. The molecule has 0 saturated heterocycles. The zero-order chi connectivity index (χ0) is 22.6. The molecule has 0 radical (unpaired) electrons. The molecule has 1 amide bonds. The molecule has 0 unspecified atom stereocenters. The van der Waals surface area contributed by atoms with E-state index in [1.165, 1.54) is 12.1 Å². The second-order valence-electron chi connectivity index (χ2n) is 6.92. The van der Waals surface area contributed by atoms with E-state index < -0.39 is 10.0 Å². The van der Waals surface area contributed by atoms with Gasteiger partial charge in [-0.05, 0) is 91.8 Å². The SMILES string of the molecule is Cc1cc(C)cc(NS(=O)(=O)c2ccc(NC(=S)NC(=O)c3cccc(Br)c3)cc2)c1. The average Bonchev–Trinajstić information content (AvgIpc) is 2.67. The van der Waals surface area contributed by atoms with Crippen molar-refractivity contribution >= 4 is 60.6 Å². The Morgan fingerprint density at radius 3 is 2.16 bits per heavy atom. The van der Waals surface area contributed by atoms with Crippen LogP contribution in [0.2, 0.25) is 0 Å². The zero-order valence-corrected chi connectivity index (χ0v) is 20.0. The van der Waals surface area contributed by atoms with Crippen LogP contribution in [0.5, 0.6) is 0 Å². The number of hydrogen-bond donors (Lipinski definition) is 3. The zero-order valence-electron chi connectivity index (χ0n) is 16.8. The molecule has 3 aromatic rings. The number of hydrogen-bond acceptors (Lipinski definition) is 4. The fourth-order valence-corrected chi connectivity index (χ4v) is 4.58. The number of carbonyl (C=O) groups excluding carboxylic acids is 1. The molecule has 0 atom stereocenters. The molecule has 3 rings (SSSR count). The fraction of sp³-hybridized carbons (Fsp3) is 0.0909. The number of amides is 1. The van der Waals surface area contributed by atoms with Gasteiger partial charge in [-0.25, -0.2) is 8.42 Å². The quantitative estimate of drug-likeness (QED) is 0.414. The molecule has 0 aliphatic rings. The minimum absolute atomic E-state index is 0.106. The van der Waals surface area contributed by atoms with Crippen LogP contribution in [0, 0.1) is 13.8 Å². The van der Waals surface area contributed by atoms with Crippen LogP contribution in [-0.2, 0) is 10.0 Å². The highest BCUT2D eigenvalue weighted by molar-refractivity contribution is 9.10. The number of halogens is 1. The van der Waals surface area contributed by atoms with E-state index in [0.29, 0.717) is 16.9 Å². The number of benzene rings is 3. The summed E-state index contributed by atoms with van der Waals surface area (Å²) in [6, 6.07) is 18.5. The first-order valence-electron chi connectivity index (χ1n) is 9.21. The average molecular weight is 518 g/mol. The first-order chi connectivity index (χ1) is 14.6. The number of carbonyl (C=O) groups is 1. The Labute approximate surface area is 195 Å². The molecular formula is C22H20BrN3O3S2. The van der Waals surface area contributed by atoms with Gasteiger partial charge < -0.3 is 5.32 Å². The molecule has 31 heavy (non-hydrogen) atoms.